The number of halogens is 5. The van der Waals surface area contributed by atoms with Gasteiger partial charge < -0.3 is 24.8 Å². The van der Waals surface area contributed by atoms with Gasteiger partial charge in [-0.15, -0.1) is 6.58 Å². The zero-order valence-electron chi connectivity index (χ0n) is 22.3. The van der Waals surface area contributed by atoms with Crippen LogP contribution in [0.5, 0.6) is 0 Å². The number of nitrogens with zero attached hydrogens (tertiary/aromatic N) is 1. The van der Waals surface area contributed by atoms with Crippen molar-refractivity contribution in [1.82, 2.24) is 4.90 Å². The van der Waals surface area contributed by atoms with Gasteiger partial charge in [0.1, 0.15) is 5.56 Å². The fourth-order valence-corrected chi connectivity index (χ4v) is 4.69. The van der Waals surface area contributed by atoms with Crippen molar-refractivity contribution in [1.29, 1.82) is 0 Å². The summed E-state index contributed by atoms with van der Waals surface area (Å²) >= 11 is 0. The van der Waals surface area contributed by atoms with Gasteiger partial charge in [-0.3, -0.25) is 4.79 Å². The summed E-state index contributed by atoms with van der Waals surface area (Å²) < 4.78 is 81.7. The quantitative estimate of drug-likeness (QED) is 0.141. The van der Waals surface area contributed by atoms with Gasteiger partial charge in [0.25, 0.3) is 5.91 Å². The van der Waals surface area contributed by atoms with Gasteiger partial charge in [-0.05, 0) is 30.3 Å². The molecule has 3 aromatic carbocycles. The Morgan fingerprint density at radius 3 is 2.22 bits per heavy atom. The van der Waals surface area contributed by atoms with Gasteiger partial charge in [-0.2, -0.15) is 0 Å². The molecule has 1 saturated heterocycles. The number of hydrogen-bond acceptors (Lipinski definition) is 5. The maximum atomic E-state index is 14.2. The predicted octanol–water partition coefficient (Wildman–Crippen LogP) is 6.04. The van der Waals surface area contributed by atoms with Crippen molar-refractivity contribution in [2.45, 2.75) is 32.0 Å². The van der Waals surface area contributed by atoms with Crippen LogP contribution < -0.4 is 5.32 Å². The molecule has 2 N–H and O–H groups in total. The summed E-state index contributed by atoms with van der Waals surface area (Å²) in [6, 6.07) is 13.3. The number of carbonyl (C=O) groups excluding carboxylic acids is 1. The number of anilines is 1. The number of likely N-dealkylation sites (N-methyl/N-ethyl adjacent to an activating group) is 1. The monoisotopic (exact) mass is 576 g/mol. The molecular weight excluding hydrogens is 547 g/mol. The maximum absolute atomic E-state index is 14.2. The fraction of sp³-hybridized carbons (Fsp3) is 0.300. The number of ether oxygens (including phenoxy) is 2. The number of aliphatic hydroxyl groups is 1. The molecule has 1 amide bonds. The molecule has 4 atom stereocenters. The Labute approximate surface area is 234 Å². The second-order valence-electron chi connectivity index (χ2n) is 9.86. The highest BCUT2D eigenvalue weighted by Gasteiger charge is 2.39. The smallest absolute Gasteiger partial charge is 0.261 e. The van der Waals surface area contributed by atoms with Gasteiger partial charge in [0.2, 0.25) is 5.82 Å². The number of nitrogens with one attached hydrogen (secondary N) is 1. The van der Waals surface area contributed by atoms with Crippen LogP contribution in [0.1, 0.15) is 46.4 Å². The average Bonchev–Trinajstić information content (AvgIpc) is 2.96. The minimum Gasteiger partial charge on any atom is -0.392 e. The van der Waals surface area contributed by atoms with Crippen molar-refractivity contribution in [3.8, 4) is 0 Å². The molecule has 0 bridgehead atoms. The summed E-state index contributed by atoms with van der Waals surface area (Å²) in [5.41, 5.74) is 0.467. The van der Waals surface area contributed by atoms with E-state index in [4.69, 9.17) is 9.47 Å². The molecular formula is C30H29F5N2O4. The molecule has 0 aromatic heterocycles. The second-order valence-corrected chi connectivity index (χ2v) is 9.86. The first kappa shape index (κ1) is 30.3. The number of aliphatic hydroxyl groups excluding tert-OH is 1. The van der Waals surface area contributed by atoms with Gasteiger partial charge in [0, 0.05) is 30.3 Å². The molecule has 0 aliphatic carbocycles. The molecule has 1 aliphatic rings. The van der Waals surface area contributed by atoms with Crippen LogP contribution in [-0.2, 0) is 16.1 Å². The highest BCUT2D eigenvalue weighted by molar-refractivity contribution is 6.04. The first-order chi connectivity index (χ1) is 19.5. The van der Waals surface area contributed by atoms with E-state index in [1.807, 2.05) is 31.0 Å². The van der Waals surface area contributed by atoms with Gasteiger partial charge >= 0.3 is 0 Å². The normalized spacial score (nSPS) is 20.7. The van der Waals surface area contributed by atoms with Gasteiger partial charge in [0.05, 0.1) is 18.8 Å². The standard InChI is InChI=1S/C30H29F5N2O4/c1-4-12-37(3)14-21-16(2)28(18-10-8-17(15-38)9-11-18)41-30(40-21)19-6-5-7-20(13-19)36-29(39)22-23(31)25(33)27(35)26(34)24(22)32/h4-11,13,16,21,28,30,38H,1,12,14-15H2,2-3H3,(H,36,39). The molecule has 1 aliphatic heterocycles. The van der Waals surface area contributed by atoms with E-state index in [2.05, 4.69) is 11.9 Å². The summed E-state index contributed by atoms with van der Waals surface area (Å²) in [7, 11) is 1.92. The Balaban J connectivity index is 1.62. The van der Waals surface area contributed by atoms with Crippen molar-refractivity contribution in [2.24, 2.45) is 5.92 Å². The van der Waals surface area contributed by atoms with Crippen LogP contribution in [0, 0.1) is 35.0 Å². The molecule has 0 spiro atoms. The number of hydrogen-bond donors (Lipinski definition) is 2. The number of amides is 1. The van der Waals surface area contributed by atoms with Crippen molar-refractivity contribution in [2.75, 3.05) is 25.5 Å². The average molecular weight is 577 g/mol. The van der Waals surface area contributed by atoms with Crippen molar-refractivity contribution < 1.29 is 41.3 Å². The van der Waals surface area contributed by atoms with Gasteiger partial charge in [-0.25, -0.2) is 22.0 Å². The Hall–Kier alpha value is -3.64. The second kappa shape index (κ2) is 12.9. The molecule has 4 unspecified atom stereocenters. The zero-order chi connectivity index (χ0) is 29.8. The van der Waals surface area contributed by atoms with Crippen LogP contribution in [-0.4, -0.2) is 42.2 Å². The molecule has 3 aromatic rings. The number of rotatable bonds is 9. The van der Waals surface area contributed by atoms with E-state index in [1.165, 1.54) is 18.2 Å². The van der Waals surface area contributed by atoms with Crippen LogP contribution in [0.15, 0.2) is 61.2 Å². The van der Waals surface area contributed by atoms with E-state index in [-0.39, 0.29) is 24.3 Å². The highest BCUT2D eigenvalue weighted by atomic mass is 19.2. The Kier molecular flexibility index (Phi) is 9.54. The maximum Gasteiger partial charge on any atom is 0.261 e. The summed E-state index contributed by atoms with van der Waals surface area (Å²) in [5, 5.41) is 11.6. The van der Waals surface area contributed by atoms with E-state index < -0.39 is 53.0 Å². The minimum absolute atomic E-state index is 0.0198. The lowest BCUT2D eigenvalue weighted by atomic mass is 9.90. The fourth-order valence-electron chi connectivity index (χ4n) is 4.69. The molecule has 1 fully saturated rings. The van der Waals surface area contributed by atoms with Crippen LogP contribution in [0.25, 0.3) is 0 Å². The molecule has 4 rings (SSSR count). The minimum atomic E-state index is -2.35. The molecule has 218 valence electrons. The summed E-state index contributed by atoms with van der Waals surface area (Å²) in [6.07, 6.45) is 0.105. The van der Waals surface area contributed by atoms with Crippen LogP contribution in [0.2, 0.25) is 0 Å². The third-order valence-corrected chi connectivity index (χ3v) is 6.91. The largest absolute Gasteiger partial charge is 0.392 e. The lowest BCUT2D eigenvalue weighted by Crippen LogP contribution is -2.43. The molecule has 6 nitrogen and oxygen atoms in total. The van der Waals surface area contributed by atoms with Crippen molar-refractivity contribution >= 4 is 11.6 Å². The van der Waals surface area contributed by atoms with Crippen LogP contribution in [0.4, 0.5) is 27.6 Å². The first-order valence-corrected chi connectivity index (χ1v) is 12.8. The third-order valence-electron chi connectivity index (χ3n) is 6.91. The Bertz CT molecular complexity index is 1390. The highest BCUT2D eigenvalue weighted by Crippen LogP contribution is 2.42. The van der Waals surface area contributed by atoms with Crippen molar-refractivity contribution in [3.63, 3.8) is 0 Å². The molecule has 11 heteroatoms. The molecule has 41 heavy (non-hydrogen) atoms. The SMILES string of the molecule is C=CCN(C)CC1OC(c2cccc(NC(=O)c3c(F)c(F)c(F)c(F)c3F)c2)OC(c2ccc(CO)cc2)C1C. The number of carbonyl (C=O) groups is 1. The van der Waals surface area contributed by atoms with Gasteiger partial charge in [-0.1, -0.05) is 49.4 Å². The van der Waals surface area contributed by atoms with E-state index >= 15 is 0 Å². The van der Waals surface area contributed by atoms with E-state index in [1.54, 1.807) is 24.3 Å². The van der Waals surface area contributed by atoms with Crippen LogP contribution >= 0.6 is 0 Å². The van der Waals surface area contributed by atoms with Crippen LogP contribution in [0.3, 0.4) is 0 Å². The zero-order valence-corrected chi connectivity index (χ0v) is 22.3. The lowest BCUT2D eigenvalue weighted by molar-refractivity contribution is -0.275. The number of benzene rings is 3. The van der Waals surface area contributed by atoms with Crippen molar-refractivity contribution in [3.05, 3.63) is 113 Å². The summed E-state index contributed by atoms with van der Waals surface area (Å²) in [4.78, 5) is 14.6. The Morgan fingerprint density at radius 1 is 0.976 bits per heavy atom. The topological polar surface area (TPSA) is 71.0 Å². The lowest BCUT2D eigenvalue weighted by Gasteiger charge is -2.42. The first-order valence-electron chi connectivity index (χ1n) is 12.8. The molecule has 0 radical (unpaired) electrons. The van der Waals surface area contributed by atoms with Gasteiger partial charge in [0.15, 0.2) is 29.6 Å². The summed E-state index contributed by atoms with van der Waals surface area (Å²) in [6.45, 7) is 6.81. The predicted molar refractivity (Wildman–Crippen MR) is 141 cm³/mol. The van der Waals surface area contributed by atoms with E-state index in [9.17, 15) is 31.9 Å². The molecule has 0 saturated carbocycles. The summed E-state index contributed by atoms with van der Waals surface area (Å²) in [5.74, 6) is -12.9. The third kappa shape index (κ3) is 6.48. The molecule has 1 heterocycles. The Morgan fingerprint density at radius 2 is 1.61 bits per heavy atom. The van der Waals surface area contributed by atoms with E-state index in [0.717, 1.165) is 11.1 Å². The van der Waals surface area contributed by atoms with E-state index in [0.29, 0.717) is 18.7 Å².